The molecule has 1 unspecified atom stereocenters. The third-order valence-corrected chi connectivity index (χ3v) is 8.92. The number of hydrogen-bond donors (Lipinski definition) is 2. The third kappa shape index (κ3) is 7.81. The predicted molar refractivity (Wildman–Crippen MR) is 153 cm³/mol. The molecule has 208 valence electrons. The van der Waals surface area contributed by atoms with E-state index >= 15 is 0 Å². The van der Waals surface area contributed by atoms with Crippen LogP contribution in [0.1, 0.15) is 41.8 Å². The van der Waals surface area contributed by atoms with Crippen molar-refractivity contribution < 1.29 is 22.7 Å². The number of hydrogen-bond acceptors (Lipinski definition) is 6. The molecule has 0 bridgehead atoms. The monoisotopic (exact) mass is 551 g/mol. The maximum absolute atomic E-state index is 13.4. The third-order valence-electron chi connectivity index (χ3n) is 7.00. The van der Waals surface area contributed by atoms with Crippen molar-refractivity contribution in [1.82, 2.24) is 10.2 Å². The molecule has 3 atom stereocenters. The first kappa shape index (κ1) is 28.6. The van der Waals surface area contributed by atoms with E-state index in [2.05, 4.69) is 21.0 Å². The van der Waals surface area contributed by atoms with E-state index in [1.807, 2.05) is 55.5 Å². The summed E-state index contributed by atoms with van der Waals surface area (Å²) in [7, 11) is -1.88. The molecule has 3 aromatic rings. The van der Waals surface area contributed by atoms with Crippen LogP contribution in [0.25, 0.3) is 0 Å². The lowest BCUT2D eigenvalue weighted by atomic mass is 10.00. The summed E-state index contributed by atoms with van der Waals surface area (Å²) in [6, 6.07) is 24.2. The summed E-state index contributed by atoms with van der Waals surface area (Å²) in [5.74, 6) is 0.530. The summed E-state index contributed by atoms with van der Waals surface area (Å²) in [6.45, 7) is 5.30. The van der Waals surface area contributed by atoms with Crippen molar-refractivity contribution in [3.8, 4) is 5.75 Å². The number of carbonyl (C=O) groups excluding carboxylic acids is 1. The molecule has 4 rings (SSSR count). The van der Waals surface area contributed by atoms with Crippen molar-refractivity contribution in [3.05, 3.63) is 95.6 Å². The highest BCUT2D eigenvalue weighted by Gasteiger charge is 2.32. The molecule has 1 heterocycles. The summed E-state index contributed by atoms with van der Waals surface area (Å²) in [5, 5.41) is 2.63. The molecule has 3 aromatic carbocycles. The van der Waals surface area contributed by atoms with Crippen LogP contribution in [0.2, 0.25) is 0 Å². The molecular formula is C30H37N3O5S. The number of carbonyl (C=O) groups is 1. The van der Waals surface area contributed by atoms with Crippen LogP contribution in [-0.4, -0.2) is 57.0 Å². The summed E-state index contributed by atoms with van der Waals surface area (Å²) in [4.78, 5) is 15.6. The highest BCUT2D eigenvalue weighted by molar-refractivity contribution is 7.93. The number of anilines is 1. The molecule has 0 aliphatic carbocycles. The van der Waals surface area contributed by atoms with Crippen LogP contribution in [0.3, 0.4) is 0 Å². The lowest BCUT2D eigenvalue weighted by molar-refractivity contribution is 0.0599. The normalized spacial score (nSPS) is 17.4. The molecule has 2 N–H and O–H groups in total. The fraction of sp³-hybridized carbons (Fsp3) is 0.367. The van der Waals surface area contributed by atoms with Crippen LogP contribution in [-0.2, 0) is 27.7 Å². The van der Waals surface area contributed by atoms with Gasteiger partial charge in [-0.25, -0.2) is 8.42 Å². The molecule has 1 aliphatic rings. The zero-order chi connectivity index (χ0) is 27.8. The fourth-order valence-corrected chi connectivity index (χ4v) is 5.64. The lowest BCUT2D eigenvalue weighted by Gasteiger charge is -2.25. The minimum absolute atomic E-state index is 0.216. The van der Waals surface area contributed by atoms with Gasteiger partial charge in [-0.3, -0.25) is 14.4 Å². The van der Waals surface area contributed by atoms with Gasteiger partial charge in [-0.15, -0.1) is 0 Å². The fourth-order valence-electron chi connectivity index (χ4n) is 4.55. The second-order valence-corrected chi connectivity index (χ2v) is 12.0. The van der Waals surface area contributed by atoms with Gasteiger partial charge in [0.25, 0.3) is 5.91 Å². The summed E-state index contributed by atoms with van der Waals surface area (Å²) < 4.78 is 39.2. The van der Waals surface area contributed by atoms with Crippen molar-refractivity contribution >= 4 is 21.6 Å². The molecule has 9 heteroatoms. The molecule has 8 nitrogen and oxygen atoms in total. The number of ether oxygens (including phenoxy) is 2. The topological polar surface area (TPSA) is 97.0 Å². The Balaban J connectivity index is 1.47. The van der Waals surface area contributed by atoms with Crippen LogP contribution in [0.5, 0.6) is 5.75 Å². The number of nitrogens with zero attached hydrogens (tertiary/aromatic N) is 1. The second-order valence-electron chi connectivity index (χ2n) is 9.91. The van der Waals surface area contributed by atoms with E-state index in [0.717, 1.165) is 16.9 Å². The largest absolute Gasteiger partial charge is 0.497 e. The van der Waals surface area contributed by atoms with Crippen molar-refractivity contribution in [1.29, 1.82) is 0 Å². The van der Waals surface area contributed by atoms with E-state index in [1.165, 1.54) is 0 Å². The Labute approximate surface area is 231 Å². The molecule has 0 radical (unpaired) electrons. The van der Waals surface area contributed by atoms with Gasteiger partial charge in [-0.2, -0.15) is 0 Å². The van der Waals surface area contributed by atoms with E-state index in [1.54, 1.807) is 38.3 Å². The van der Waals surface area contributed by atoms with Gasteiger partial charge in [0.1, 0.15) is 5.75 Å². The van der Waals surface area contributed by atoms with Gasteiger partial charge in [0.05, 0.1) is 31.2 Å². The Morgan fingerprint density at radius 1 is 1.05 bits per heavy atom. The van der Waals surface area contributed by atoms with Gasteiger partial charge in [0, 0.05) is 24.3 Å². The van der Waals surface area contributed by atoms with Crippen molar-refractivity contribution in [2.24, 2.45) is 0 Å². The molecule has 39 heavy (non-hydrogen) atoms. The zero-order valence-electron chi connectivity index (χ0n) is 22.7. The first-order valence-electron chi connectivity index (χ1n) is 13.2. The number of methoxy groups -OCH3 is 1. The quantitative estimate of drug-likeness (QED) is 0.346. The van der Waals surface area contributed by atoms with Crippen LogP contribution in [0.4, 0.5) is 5.69 Å². The van der Waals surface area contributed by atoms with Gasteiger partial charge < -0.3 is 14.8 Å². The van der Waals surface area contributed by atoms with E-state index < -0.39 is 15.3 Å². The van der Waals surface area contributed by atoms with E-state index in [0.29, 0.717) is 43.9 Å². The summed E-state index contributed by atoms with van der Waals surface area (Å²) >= 11 is 0. The molecule has 1 aliphatic heterocycles. The van der Waals surface area contributed by atoms with E-state index in [4.69, 9.17) is 9.47 Å². The van der Waals surface area contributed by atoms with Crippen molar-refractivity contribution in [3.63, 3.8) is 0 Å². The number of nitrogens with one attached hydrogen (secondary N) is 2. The van der Waals surface area contributed by atoms with Crippen LogP contribution in [0.15, 0.2) is 78.9 Å². The van der Waals surface area contributed by atoms with E-state index in [9.17, 15) is 13.2 Å². The zero-order valence-corrected chi connectivity index (χ0v) is 23.5. The average Bonchev–Trinajstić information content (AvgIpc) is 3.41. The Hall–Kier alpha value is -3.40. The molecule has 1 saturated heterocycles. The SMILES string of the molecule is CCC(C)S(=O)(=O)Nc1cccc(C(=O)N[C@@H](Cc2ccccc2)[C@@H]2CN(Cc3cccc(OC)c3)CO2)c1. The van der Waals surface area contributed by atoms with Crippen LogP contribution >= 0.6 is 0 Å². The smallest absolute Gasteiger partial charge is 0.251 e. The Kier molecular flexibility index (Phi) is 9.61. The Morgan fingerprint density at radius 3 is 2.54 bits per heavy atom. The Morgan fingerprint density at radius 2 is 1.79 bits per heavy atom. The predicted octanol–water partition coefficient (Wildman–Crippen LogP) is 4.44. The maximum Gasteiger partial charge on any atom is 0.251 e. The van der Waals surface area contributed by atoms with E-state index in [-0.39, 0.29) is 18.1 Å². The average molecular weight is 552 g/mol. The Bertz CT molecular complexity index is 1350. The van der Waals surface area contributed by atoms with Gasteiger partial charge in [-0.05, 0) is 61.2 Å². The minimum Gasteiger partial charge on any atom is -0.497 e. The first-order chi connectivity index (χ1) is 18.8. The minimum atomic E-state index is -3.53. The standard InChI is InChI=1S/C30H37N3O5S/c1-4-22(2)39(35,36)32-26-14-9-13-25(18-26)30(34)31-28(17-23-10-6-5-7-11-23)29-20-33(21-38-29)19-24-12-8-15-27(16-24)37-3/h5-16,18,22,28-29,32H,4,17,19-21H2,1-3H3,(H,31,34)/t22?,28-,29-/m0/s1. The van der Waals surface area contributed by atoms with Gasteiger partial charge in [-0.1, -0.05) is 55.5 Å². The number of rotatable bonds is 12. The molecule has 1 amide bonds. The maximum atomic E-state index is 13.4. The second kappa shape index (κ2) is 13.1. The van der Waals surface area contributed by atoms with Gasteiger partial charge in [0.15, 0.2) is 0 Å². The van der Waals surface area contributed by atoms with Crippen LogP contribution in [0, 0.1) is 0 Å². The number of benzene rings is 3. The van der Waals surface area contributed by atoms with Gasteiger partial charge >= 0.3 is 0 Å². The summed E-state index contributed by atoms with van der Waals surface area (Å²) in [5.41, 5.74) is 2.96. The molecule has 0 aromatic heterocycles. The highest BCUT2D eigenvalue weighted by atomic mass is 32.2. The first-order valence-corrected chi connectivity index (χ1v) is 14.8. The molecule has 1 fully saturated rings. The van der Waals surface area contributed by atoms with Crippen LogP contribution < -0.4 is 14.8 Å². The molecular weight excluding hydrogens is 514 g/mol. The molecule has 0 spiro atoms. The lowest BCUT2D eigenvalue weighted by Crippen LogP contribution is -2.46. The highest BCUT2D eigenvalue weighted by Crippen LogP contribution is 2.21. The van der Waals surface area contributed by atoms with Crippen molar-refractivity contribution in [2.45, 2.75) is 50.6 Å². The van der Waals surface area contributed by atoms with Gasteiger partial charge in [0.2, 0.25) is 10.0 Å². The van der Waals surface area contributed by atoms with Crippen molar-refractivity contribution in [2.75, 3.05) is 25.1 Å². The summed E-state index contributed by atoms with van der Waals surface area (Å²) in [6.07, 6.45) is 0.879. The number of amides is 1. The number of sulfonamides is 1. The molecule has 0 saturated carbocycles.